The second-order valence-corrected chi connectivity index (χ2v) is 7.70. The first kappa shape index (κ1) is 20.1. The highest BCUT2D eigenvalue weighted by molar-refractivity contribution is 7.85. The van der Waals surface area contributed by atoms with Gasteiger partial charge in [0.1, 0.15) is 16.7 Å². The van der Waals surface area contributed by atoms with Gasteiger partial charge < -0.3 is 9.04 Å². The fraction of sp³-hybridized carbons (Fsp3) is 0.263. The van der Waals surface area contributed by atoms with E-state index in [9.17, 15) is 13.0 Å². The van der Waals surface area contributed by atoms with Gasteiger partial charge in [-0.05, 0) is 25.1 Å². The highest BCUT2D eigenvalue weighted by Crippen LogP contribution is 2.09. The van der Waals surface area contributed by atoms with Crippen molar-refractivity contribution in [1.82, 2.24) is 0 Å². The minimum Gasteiger partial charge on any atom is -0.744 e. The Balaban J connectivity index is 0.000000243. The van der Waals surface area contributed by atoms with Gasteiger partial charge in [-0.15, -0.1) is 0 Å². The van der Waals surface area contributed by atoms with Gasteiger partial charge in [-0.25, -0.2) is 8.42 Å². The lowest BCUT2D eigenvalue weighted by Gasteiger charge is -2.28. The lowest BCUT2D eigenvalue weighted by atomic mass is 10.2. The molecule has 0 aliphatic carbocycles. The summed E-state index contributed by atoms with van der Waals surface area (Å²) >= 11 is 0. The maximum absolute atomic E-state index is 10.4. The van der Waals surface area contributed by atoms with Crippen molar-refractivity contribution < 1.29 is 17.5 Å². The van der Waals surface area contributed by atoms with Crippen LogP contribution in [0.4, 0.5) is 0 Å². The molecule has 0 saturated heterocycles. The molecule has 0 atom stereocenters. The molecule has 4 nitrogen and oxygen atoms in total. The van der Waals surface area contributed by atoms with E-state index in [4.69, 9.17) is 0 Å². The number of benzene rings is 2. The van der Waals surface area contributed by atoms with Crippen LogP contribution in [0.15, 0.2) is 72.1 Å². The van der Waals surface area contributed by atoms with Crippen molar-refractivity contribution in [2.24, 2.45) is 0 Å². The molecule has 0 aliphatic heterocycles. The molecule has 0 N–H and O–H groups in total. The van der Waals surface area contributed by atoms with Crippen LogP contribution < -0.4 is 0 Å². The number of likely N-dealkylation sites (N-methyl/N-ethyl adjacent to an activating group) is 1. The normalized spacial score (nSPS) is 11.3. The Bertz CT molecular complexity index is 736. The van der Waals surface area contributed by atoms with E-state index in [1.54, 1.807) is 12.1 Å². The third-order valence-corrected chi connectivity index (χ3v) is 4.24. The quantitative estimate of drug-likeness (QED) is 0.473. The Labute approximate surface area is 145 Å². The molecule has 0 amide bonds. The van der Waals surface area contributed by atoms with E-state index in [-0.39, 0.29) is 4.90 Å². The van der Waals surface area contributed by atoms with Gasteiger partial charge in [0.15, 0.2) is 0 Å². The number of nitrogens with zero attached hydrogens (tertiary/aromatic N) is 1. The third-order valence-electron chi connectivity index (χ3n) is 3.39. The molecule has 0 fully saturated rings. The molecule has 0 aromatic heterocycles. The van der Waals surface area contributed by atoms with Crippen LogP contribution >= 0.6 is 0 Å². The summed E-state index contributed by atoms with van der Waals surface area (Å²) < 4.78 is 32.1. The SMILES string of the molecule is C=CC[N+](C)(C)Cc1ccccc1.Cc1ccc(S(=O)(=O)[O-])cc1. The molecule has 0 radical (unpaired) electrons. The summed E-state index contributed by atoms with van der Waals surface area (Å²) in [7, 11) is 0.164. The van der Waals surface area contributed by atoms with Crippen LogP contribution in [-0.4, -0.2) is 38.1 Å². The van der Waals surface area contributed by atoms with Gasteiger partial charge in [0.05, 0.1) is 25.5 Å². The zero-order chi connectivity index (χ0) is 18.2. The minimum absolute atomic E-state index is 0.178. The minimum atomic E-state index is -4.27. The van der Waals surface area contributed by atoms with Gasteiger partial charge in [0, 0.05) is 5.56 Å². The van der Waals surface area contributed by atoms with E-state index in [0.29, 0.717) is 0 Å². The first-order chi connectivity index (χ1) is 11.1. The maximum atomic E-state index is 10.4. The summed E-state index contributed by atoms with van der Waals surface area (Å²) in [5.41, 5.74) is 2.31. The topological polar surface area (TPSA) is 57.2 Å². The molecule has 2 aromatic carbocycles. The molecule has 5 heteroatoms. The van der Waals surface area contributed by atoms with Crippen LogP contribution in [0.2, 0.25) is 0 Å². The van der Waals surface area contributed by atoms with Gasteiger partial charge in [-0.2, -0.15) is 0 Å². The van der Waals surface area contributed by atoms with E-state index in [0.717, 1.165) is 23.1 Å². The zero-order valence-electron chi connectivity index (χ0n) is 14.5. The first-order valence-electron chi connectivity index (χ1n) is 7.63. The van der Waals surface area contributed by atoms with Gasteiger partial charge >= 0.3 is 0 Å². The van der Waals surface area contributed by atoms with E-state index < -0.39 is 10.1 Å². The van der Waals surface area contributed by atoms with Crippen molar-refractivity contribution in [3.8, 4) is 0 Å². The monoisotopic (exact) mass is 347 g/mol. The average molecular weight is 347 g/mol. The average Bonchev–Trinajstić information content (AvgIpc) is 2.48. The van der Waals surface area contributed by atoms with Gasteiger partial charge in [-0.3, -0.25) is 0 Å². The highest BCUT2D eigenvalue weighted by atomic mass is 32.2. The van der Waals surface area contributed by atoms with Crippen LogP contribution in [0.25, 0.3) is 0 Å². The number of aryl methyl sites for hydroxylation is 1. The van der Waals surface area contributed by atoms with Crippen molar-refractivity contribution >= 4 is 10.1 Å². The van der Waals surface area contributed by atoms with Crippen LogP contribution in [0, 0.1) is 6.92 Å². The first-order valence-corrected chi connectivity index (χ1v) is 9.04. The Kier molecular flexibility index (Phi) is 7.35. The standard InChI is InChI=1S/C12H18N.C7H8O3S/c1-4-10-13(2,3)11-12-8-6-5-7-9-12;1-6-2-4-7(5-3-6)11(8,9)10/h4-9H,1,10-11H2,2-3H3;2-5H,1H3,(H,8,9,10)/q+1;/p-1. The lowest BCUT2D eigenvalue weighted by Crippen LogP contribution is -2.38. The van der Waals surface area contributed by atoms with Crippen LogP contribution in [0.5, 0.6) is 0 Å². The van der Waals surface area contributed by atoms with E-state index in [1.165, 1.54) is 17.7 Å². The molecule has 2 rings (SSSR count). The van der Waals surface area contributed by atoms with E-state index >= 15 is 0 Å². The lowest BCUT2D eigenvalue weighted by molar-refractivity contribution is -0.897. The summed E-state index contributed by atoms with van der Waals surface area (Å²) in [4.78, 5) is -0.178. The predicted molar refractivity (Wildman–Crippen MR) is 96.5 cm³/mol. The number of rotatable bonds is 5. The Morgan fingerprint density at radius 3 is 2.04 bits per heavy atom. The number of quaternary nitrogens is 1. The molecular weight excluding hydrogens is 322 g/mol. The summed E-state index contributed by atoms with van der Waals surface area (Å²) in [6, 6.07) is 16.3. The van der Waals surface area contributed by atoms with Crippen molar-refractivity contribution in [1.29, 1.82) is 0 Å². The second kappa shape index (κ2) is 8.78. The van der Waals surface area contributed by atoms with Crippen LogP contribution in [-0.2, 0) is 16.7 Å². The molecule has 0 aliphatic rings. The fourth-order valence-corrected chi connectivity index (χ4v) is 2.67. The molecule has 0 heterocycles. The largest absolute Gasteiger partial charge is 0.744 e. The van der Waals surface area contributed by atoms with Gasteiger partial charge in [-0.1, -0.05) is 54.6 Å². The Morgan fingerprint density at radius 2 is 1.58 bits per heavy atom. The number of hydrogen-bond donors (Lipinski definition) is 0. The molecular formula is C19H25NO3S. The molecule has 24 heavy (non-hydrogen) atoms. The fourth-order valence-electron chi connectivity index (χ4n) is 2.20. The Morgan fingerprint density at radius 1 is 1.04 bits per heavy atom. The summed E-state index contributed by atoms with van der Waals surface area (Å²) in [6.07, 6.45) is 1.98. The second-order valence-electron chi connectivity index (χ2n) is 6.32. The van der Waals surface area contributed by atoms with Crippen molar-refractivity contribution in [3.05, 3.63) is 78.4 Å². The highest BCUT2D eigenvalue weighted by Gasteiger charge is 2.12. The van der Waals surface area contributed by atoms with Crippen LogP contribution in [0.3, 0.4) is 0 Å². The molecule has 130 valence electrons. The van der Waals surface area contributed by atoms with E-state index in [1.807, 2.05) is 13.0 Å². The van der Waals surface area contributed by atoms with Gasteiger partial charge in [0.2, 0.25) is 0 Å². The smallest absolute Gasteiger partial charge is 0.124 e. The molecule has 0 saturated carbocycles. The maximum Gasteiger partial charge on any atom is 0.124 e. The number of hydrogen-bond acceptors (Lipinski definition) is 3. The summed E-state index contributed by atoms with van der Waals surface area (Å²) in [5, 5.41) is 0. The van der Waals surface area contributed by atoms with Crippen molar-refractivity contribution in [2.75, 3.05) is 20.6 Å². The molecule has 0 bridgehead atoms. The van der Waals surface area contributed by atoms with Gasteiger partial charge in [0.25, 0.3) is 0 Å². The predicted octanol–water partition coefficient (Wildman–Crippen LogP) is 3.35. The summed E-state index contributed by atoms with van der Waals surface area (Å²) in [6.45, 7) is 7.66. The van der Waals surface area contributed by atoms with Crippen LogP contribution in [0.1, 0.15) is 11.1 Å². The van der Waals surface area contributed by atoms with E-state index in [2.05, 4.69) is 51.0 Å². The summed E-state index contributed by atoms with van der Waals surface area (Å²) in [5.74, 6) is 0. The molecule has 2 aromatic rings. The Hall–Kier alpha value is -1.95. The van der Waals surface area contributed by atoms with Crippen molar-refractivity contribution in [2.45, 2.75) is 18.4 Å². The molecule has 0 spiro atoms. The molecule has 0 unspecified atom stereocenters. The third kappa shape index (κ3) is 7.55. The van der Waals surface area contributed by atoms with Crippen molar-refractivity contribution in [3.63, 3.8) is 0 Å². The zero-order valence-corrected chi connectivity index (χ0v) is 15.3.